The van der Waals surface area contributed by atoms with Crippen molar-refractivity contribution in [3.05, 3.63) is 60.7 Å². The number of carbonyl (C=O) groups is 1. The van der Waals surface area contributed by atoms with Gasteiger partial charge in [0.2, 0.25) is 0 Å². The van der Waals surface area contributed by atoms with E-state index in [9.17, 15) is 9.90 Å². The summed E-state index contributed by atoms with van der Waals surface area (Å²) in [5.74, 6) is 0.193. The molecule has 2 fully saturated rings. The maximum absolute atomic E-state index is 13.0. The molecule has 4 atom stereocenters. The predicted molar refractivity (Wildman–Crippen MR) is 128 cm³/mol. The monoisotopic (exact) mass is 436 g/mol. The van der Waals surface area contributed by atoms with Gasteiger partial charge >= 0.3 is 0 Å². The van der Waals surface area contributed by atoms with Crippen molar-refractivity contribution in [2.24, 2.45) is 11.3 Å². The molecule has 0 amide bonds. The number of aliphatic hydroxyl groups is 1. The summed E-state index contributed by atoms with van der Waals surface area (Å²) in [6.07, 6.45) is 3.43. The average molecular weight is 437 g/mol. The van der Waals surface area contributed by atoms with Crippen molar-refractivity contribution < 1.29 is 14.3 Å². The summed E-state index contributed by atoms with van der Waals surface area (Å²) >= 11 is 0. The first kappa shape index (κ1) is 22.4. The Morgan fingerprint density at radius 3 is 2.00 bits per heavy atom. The van der Waals surface area contributed by atoms with Gasteiger partial charge in [-0.25, -0.2) is 0 Å². The number of rotatable bonds is 4. The summed E-state index contributed by atoms with van der Waals surface area (Å²) in [4.78, 5) is 13.0. The van der Waals surface area contributed by atoms with Crippen LogP contribution >= 0.6 is 0 Å². The lowest BCUT2D eigenvalue weighted by molar-refractivity contribution is -0.153. The zero-order valence-electron chi connectivity index (χ0n) is 19.3. The minimum atomic E-state index is -2.66. The van der Waals surface area contributed by atoms with Gasteiger partial charge in [-0.2, -0.15) is 0 Å². The van der Waals surface area contributed by atoms with Gasteiger partial charge < -0.3 is 9.53 Å². The third-order valence-corrected chi connectivity index (χ3v) is 12.9. The highest BCUT2D eigenvalue weighted by Gasteiger charge is 2.57. The van der Waals surface area contributed by atoms with Crippen LogP contribution in [0.15, 0.2) is 60.7 Å². The molecule has 0 spiro atoms. The van der Waals surface area contributed by atoms with Gasteiger partial charge in [-0.3, -0.25) is 4.79 Å². The third kappa shape index (κ3) is 3.73. The lowest BCUT2D eigenvalue weighted by atomic mass is 9.58. The normalized spacial score (nSPS) is 29.5. The quantitative estimate of drug-likeness (QED) is 0.720. The zero-order valence-corrected chi connectivity index (χ0v) is 20.3. The minimum absolute atomic E-state index is 0.0273. The van der Waals surface area contributed by atoms with E-state index in [0.29, 0.717) is 6.42 Å². The molecule has 2 aliphatic rings. The van der Waals surface area contributed by atoms with E-state index in [4.69, 9.17) is 4.43 Å². The smallest absolute Gasteiger partial charge is 0.261 e. The second kappa shape index (κ2) is 8.31. The summed E-state index contributed by atoms with van der Waals surface area (Å²) in [5.41, 5.74) is -0.480. The lowest BCUT2D eigenvalue weighted by Gasteiger charge is -2.53. The molecule has 0 bridgehead atoms. The van der Waals surface area contributed by atoms with E-state index < -0.39 is 19.8 Å². The summed E-state index contributed by atoms with van der Waals surface area (Å²) < 4.78 is 7.44. The van der Waals surface area contributed by atoms with E-state index in [0.717, 1.165) is 25.7 Å². The van der Waals surface area contributed by atoms with E-state index in [2.05, 4.69) is 88.4 Å². The molecule has 1 unspecified atom stereocenters. The molecule has 2 aromatic rings. The first-order chi connectivity index (χ1) is 14.7. The second-order valence-electron chi connectivity index (χ2n) is 10.7. The summed E-state index contributed by atoms with van der Waals surface area (Å²) in [5, 5.41) is 12.8. The van der Waals surface area contributed by atoms with E-state index in [1.165, 1.54) is 10.4 Å². The van der Waals surface area contributed by atoms with Crippen LogP contribution in [0.5, 0.6) is 0 Å². The van der Waals surface area contributed by atoms with Crippen molar-refractivity contribution in [3.63, 3.8) is 0 Å². The van der Waals surface area contributed by atoms with Crippen LogP contribution in [0.3, 0.4) is 0 Å². The molecule has 1 N–H and O–H groups in total. The SMILES string of the molecule is CC(C)(C)[Si](O[C@@H]1CCC[C@]2(C)C(=O)C(O)CC[C@@H]12)(c1ccccc1)c1ccccc1. The number of carbonyl (C=O) groups excluding carboxylic acids is 1. The molecule has 166 valence electrons. The van der Waals surface area contributed by atoms with Gasteiger partial charge in [-0.1, -0.05) is 88.4 Å². The maximum atomic E-state index is 13.0. The third-order valence-electron chi connectivity index (χ3n) is 7.81. The number of hydrogen-bond acceptors (Lipinski definition) is 3. The van der Waals surface area contributed by atoms with Gasteiger partial charge in [-0.05, 0) is 53.4 Å². The Balaban J connectivity index is 1.83. The van der Waals surface area contributed by atoms with Crippen LogP contribution in [0.25, 0.3) is 0 Å². The van der Waals surface area contributed by atoms with Crippen molar-refractivity contribution in [1.82, 2.24) is 0 Å². The van der Waals surface area contributed by atoms with Crippen LogP contribution in [0, 0.1) is 11.3 Å². The molecule has 0 aliphatic heterocycles. The van der Waals surface area contributed by atoms with Gasteiger partial charge in [0, 0.05) is 11.5 Å². The van der Waals surface area contributed by atoms with Gasteiger partial charge in [0.1, 0.15) is 6.10 Å². The Labute approximate surface area is 188 Å². The number of aliphatic hydroxyl groups excluding tert-OH is 1. The van der Waals surface area contributed by atoms with E-state index in [1.54, 1.807) is 0 Å². The van der Waals surface area contributed by atoms with Crippen LogP contribution in [0.4, 0.5) is 0 Å². The maximum Gasteiger partial charge on any atom is 0.261 e. The Hall–Kier alpha value is -1.75. The summed E-state index contributed by atoms with van der Waals surface area (Å²) in [7, 11) is -2.66. The Morgan fingerprint density at radius 1 is 0.935 bits per heavy atom. The number of Topliss-reactive ketones (excluding diaryl/α,β-unsaturated/α-hetero) is 1. The largest absolute Gasteiger partial charge is 0.404 e. The first-order valence-corrected chi connectivity index (χ1v) is 13.6. The molecule has 4 heteroatoms. The molecule has 4 rings (SSSR count). The van der Waals surface area contributed by atoms with Crippen molar-refractivity contribution in [3.8, 4) is 0 Å². The predicted octanol–water partition coefficient (Wildman–Crippen LogP) is 4.46. The molecule has 31 heavy (non-hydrogen) atoms. The molecule has 0 saturated heterocycles. The second-order valence-corrected chi connectivity index (χ2v) is 14.9. The van der Waals surface area contributed by atoms with Crippen LogP contribution < -0.4 is 10.4 Å². The minimum Gasteiger partial charge on any atom is -0.404 e. The molecule has 2 aromatic carbocycles. The number of fused-ring (bicyclic) bond motifs is 1. The number of hydrogen-bond donors (Lipinski definition) is 1. The van der Waals surface area contributed by atoms with Crippen molar-refractivity contribution in [1.29, 1.82) is 0 Å². The number of ketones is 1. The fourth-order valence-corrected chi connectivity index (χ4v) is 10.9. The first-order valence-electron chi connectivity index (χ1n) is 11.7. The topological polar surface area (TPSA) is 46.5 Å². The zero-order chi connectivity index (χ0) is 22.3. The molecule has 0 heterocycles. The molecule has 0 radical (unpaired) electrons. The fourth-order valence-electron chi connectivity index (χ4n) is 6.19. The lowest BCUT2D eigenvalue weighted by Crippen LogP contribution is -2.69. The Morgan fingerprint density at radius 2 is 1.48 bits per heavy atom. The van der Waals surface area contributed by atoms with E-state index >= 15 is 0 Å². The molecular formula is C27H36O3Si. The Kier molecular flexibility index (Phi) is 6.01. The highest BCUT2D eigenvalue weighted by Crippen LogP contribution is 2.51. The Bertz CT molecular complexity index is 866. The van der Waals surface area contributed by atoms with Crippen LogP contribution in [-0.2, 0) is 9.22 Å². The van der Waals surface area contributed by atoms with Crippen molar-refractivity contribution in [2.75, 3.05) is 0 Å². The van der Waals surface area contributed by atoms with Crippen LogP contribution in [-0.4, -0.2) is 31.4 Å². The molecule has 2 saturated carbocycles. The number of benzene rings is 2. The summed E-state index contributed by atoms with van der Waals surface area (Å²) in [6.45, 7) is 8.98. The van der Waals surface area contributed by atoms with Crippen LogP contribution in [0.2, 0.25) is 5.04 Å². The fraction of sp³-hybridized carbons (Fsp3) is 0.519. The van der Waals surface area contributed by atoms with Crippen molar-refractivity contribution >= 4 is 24.5 Å². The highest BCUT2D eigenvalue weighted by atomic mass is 28.4. The molecule has 3 nitrogen and oxygen atoms in total. The van der Waals surface area contributed by atoms with Crippen molar-refractivity contribution in [2.45, 2.75) is 77.0 Å². The van der Waals surface area contributed by atoms with Gasteiger partial charge in [0.15, 0.2) is 5.78 Å². The highest BCUT2D eigenvalue weighted by molar-refractivity contribution is 6.99. The van der Waals surface area contributed by atoms with E-state index in [-0.39, 0.29) is 22.8 Å². The summed E-state index contributed by atoms with van der Waals surface area (Å²) in [6, 6.07) is 21.5. The molecule has 2 aliphatic carbocycles. The van der Waals surface area contributed by atoms with E-state index in [1.807, 2.05) is 0 Å². The van der Waals surface area contributed by atoms with Gasteiger partial charge in [0.05, 0.1) is 0 Å². The van der Waals surface area contributed by atoms with Gasteiger partial charge in [0.25, 0.3) is 8.32 Å². The van der Waals surface area contributed by atoms with Gasteiger partial charge in [-0.15, -0.1) is 0 Å². The van der Waals surface area contributed by atoms with Crippen LogP contribution in [0.1, 0.15) is 59.8 Å². The molecular weight excluding hydrogens is 400 g/mol. The molecule has 0 aromatic heterocycles. The standard InChI is InChI=1S/C27H36O3Si/c1-26(2,3)31(20-12-7-5-8-13-20,21-14-9-6-10-15-21)30-24-16-11-19-27(4)22(24)17-18-23(28)25(27)29/h5-10,12-15,22-24,28H,11,16-19H2,1-4H3/t22-,23?,24+,27-/m0/s1. The average Bonchev–Trinajstić information content (AvgIpc) is 2.75.